The minimum atomic E-state index is -0.472. The number of piperidine rings is 1. The summed E-state index contributed by atoms with van der Waals surface area (Å²) in [7, 11) is 0. The molecular weight excluding hydrogens is 206 g/mol. The summed E-state index contributed by atoms with van der Waals surface area (Å²) in [6, 6.07) is 0. The van der Waals surface area contributed by atoms with Crippen LogP contribution in [0.1, 0.15) is 40.5 Å². The molecule has 1 rings (SSSR count). The first-order chi connectivity index (χ1) is 7.33. The minimum Gasteiger partial charge on any atom is -0.444 e. The van der Waals surface area contributed by atoms with Crippen LogP contribution in [0, 0.1) is 5.92 Å². The van der Waals surface area contributed by atoms with E-state index in [-0.39, 0.29) is 17.8 Å². The average molecular weight is 227 g/mol. The largest absolute Gasteiger partial charge is 0.444 e. The molecule has 0 radical (unpaired) electrons. The van der Waals surface area contributed by atoms with Crippen LogP contribution < -0.4 is 0 Å². The smallest absolute Gasteiger partial charge is 0.410 e. The average Bonchev–Trinajstić information content (AvgIpc) is 2.15. The van der Waals surface area contributed by atoms with E-state index in [1.54, 1.807) is 4.90 Å². The second-order valence-electron chi connectivity index (χ2n) is 5.25. The van der Waals surface area contributed by atoms with Crippen molar-refractivity contribution in [3.05, 3.63) is 0 Å². The molecule has 0 unspecified atom stereocenters. The Bertz CT molecular complexity index is 280. The quantitative estimate of drug-likeness (QED) is 0.690. The first kappa shape index (κ1) is 13.0. The van der Waals surface area contributed by atoms with Crippen molar-refractivity contribution in [3.8, 4) is 0 Å². The van der Waals surface area contributed by atoms with Crippen molar-refractivity contribution >= 4 is 11.9 Å². The Balaban J connectivity index is 2.55. The number of ether oxygens (including phenoxy) is 1. The molecule has 1 saturated heterocycles. The molecule has 92 valence electrons. The van der Waals surface area contributed by atoms with Crippen LogP contribution in [0.5, 0.6) is 0 Å². The zero-order valence-corrected chi connectivity index (χ0v) is 10.6. The predicted molar refractivity (Wildman–Crippen MR) is 61.2 cm³/mol. The fraction of sp³-hybridized carbons (Fsp3) is 0.833. The Morgan fingerprint density at radius 2 is 2.12 bits per heavy atom. The van der Waals surface area contributed by atoms with Crippen LogP contribution >= 0.6 is 0 Å². The van der Waals surface area contributed by atoms with Gasteiger partial charge in [-0.3, -0.25) is 4.79 Å². The van der Waals surface area contributed by atoms with Crippen LogP contribution in [0.15, 0.2) is 0 Å². The molecule has 1 amide bonds. The van der Waals surface area contributed by atoms with Crippen molar-refractivity contribution < 1.29 is 14.3 Å². The molecule has 1 atom stereocenters. The summed E-state index contributed by atoms with van der Waals surface area (Å²) in [4.78, 5) is 24.9. The first-order valence-corrected chi connectivity index (χ1v) is 5.84. The SMILES string of the molecule is CC[C@H]1CN(C(=O)OC(C)(C)C)CCC1=O. The zero-order chi connectivity index (χ0) is 12.3. The van der Waals surface area contributed by atoms with Gasteiger partial charge < -0.3 is 9.64 Å². The molecule has 1 heterocycles. The van der Waals surface area contributed by atoms with E-state index in [2.05, 4.69) is 0 Å². The number of hydrogen-bond acceptors (Lipinski definition) is 3. The van der Waals surface area contributed by atoms with Crippen molar-refractivity contribution in [2.45, 2.75) is 46.1 Å². The van der Waals surface area contributed by atoms with E-state index in [1.807, 2.05) is 27.7 Å². The third-order valence-corrected chi connectivity index (χ3v) is 2.67. The van der Waals surface area contributed by atoms with Crippen LogP contribution in [-0.2, 0) is 9.53 Å². The molecule has 0 saturated carbocycles. The molecule has 0 aromatic carbocycles. The predicted octanol–water partition coefficient (Wildman–Crippen LogP) is 2.22. The molecule has 16 heavy (non-hydrogen) atoms. The molecule has 1 fully saturated rings. The maximum Gasteiger partial charge on any atom is 0.410 e. The van der Waals surface area contributed by atoms with Crippen molar-refractivity contribution in [1.82, 2.24) is 4.90 Å². The first-order valence-electron chi connectivity index (χ1n) is 5.84. The minimum absolute atomic E-state index is 0.0127. The Hall–Kier alpha value is -1.06. The van der Waals surface area contributed by atoms with Crippen molar-refractivity contribution in [2.75, 3.05) is 13.1 Å². The summed E-state index contributed by atoms with van der Waals surface area (Å²) in [5, 5.41) is 0. The number of carbonyl (C=O) groups is 2. The zero-order valence-electron chi connectivity index (χ0n) is 10.6. The second kappa shape index (κ2) is 4.85. The van der Waals surface area contributed by atoms with Crippen molar-refractivity contribution in [1.29, 1.82) is 0 Å². The summed E-state index contributed by atoms with van der Waals surface area (Å²) < 4.78 is 5.28. The highest BCUT2D eigenvalue weighted by molar-refractivity contribution is 5.83. The van der Waals surface area contributed by atoms with Crippen LogP contribution in [-0.4, -0.2) is 35.5 Å². The maximum atomic E-state index is 11.8. The number of Topliss-reactive ketones (excluding diaryl/α,β-unsaturated/α-hetero) is 1. The van der Waals surface area contributed by atoms with Gasteiger partial charge in [-0.25, -0.2) is 4.79 Å². The van der Waals surface area contributed by atoms with Gasteiger partial charge in [0.15, 0.2) is 0 Å². The van der Waals surface area contributed by atoms with Gasteiger partial charge in [-0.2, -0.15) is 0 Å². The van der Waals surface area contributed by atoms with E-state index >= 15 is 0 Å². The van der Waals surface area contributed by atoms with Gasteiger partial charge in [-0.15, -0.1) is 0 Å². The van der Waals surface area contributed by atoms with Crippen molar-refractivity contribution in [3.63, 3.8) is 0 Å². The van der Waals surface area contributed by atoms with E-state index in [0.29, 0.717) is 19.5 Å². The van der Waals surface area contributed by atoms with E-state index in [9.17, 15) is 9.59 Å². The van der Waals surface area contributed by atoms with Gasteiger partial charge in [0.2, 0.25) is 0 Å². The summed E-state index contributed by atoms with van der Waals surface area (Å²) in [5.74, 6) is 0.253. The second-order valence-corrected chi connectivity index (χ2v) is 5.25. The highest BCUT2D eigenvalue weighted by Gasteiger charge is 2.30. The van der Waals surface area contributed by atoms with Gasteiger partial charge in [0.05, 0.1) is 0 Å². The molecule has 0 aliphatic carbocycles. The lowest BCUT2D eigenvalue weighted by molar-refractivity contribution is -0.126. The standard InChI is InChI=1S/C12H21NO3/c1-5-9-8-13(7-6-10(9)14)11(15)16-12(2,3)4/h9H,5-8H2,1-4H3/t9-/m0/s1. The molecule has 0 N–H and O–H groups in total. The summed E-state index contributed by atoms with van der Waals surface area (Å²) in [6.45, 7) is 8.50. The lowest BCUT2D eigenvalue weighted by Gasteiger charge is -2.32. The number of ketones is 1. The van der Waals surface area contributed by atoms with Crippen LogP contribution in [0.3, 0.4) is 0 Å². The van der Waals surface area contributed by atoms with Crippen molar-refractivity contribution in [2.24, 2.45) is 5.92 Å². The molecule has 4 nitrogen and oxygen atoms in total. The van der Waals surface area contributed by atoms with Gasteiger partial charge in [-0.05, 0) is 27.2 Å². The fourth-order valence-electron chi connectivity index (χ4n) is 1.76. The van der Waals surface area contributed by atoms with Gasteiger partial charge in [0.1, 0.15) is 11.4 Å². The Kier molecular flexibility index (Phi) is 3.94. The summed E-state index contributed by atoms with van der Waals surface area (Å²) >= 11 is 0. The normalized spacial score (nSPS) is 22.1. The summed E-state index contributed by atoms with van der Waals surface area (Å²) in [5.41, 5.74) is -0.472. The van der Waals surface area contributed by atoms with Gasteiger partial charge in [0.25, 0.3) is 0 Å². The van der Waals surface area contributed by atoms with E-state index in [0.717, 1.165) is 6.42 Å². The number of likely N-dealkylation sites (tertiary alicyclic amines) is 1. The maximum absolute atomic E-state index is 11.8. The Morgan fingerprint density at radius 1 is 1.50 bits per heavy atom. The van der Waals surface area contributed by atoms with Gasteiger partial charge in [0, 0.05) is 25.4 Å². The number of hydrogen-bond donors (Lipinski definition) is 0. The number of carbonyl (C=O) groups excluding carboxylic acids is 2. The number of amides is 1. The molecule has 1 aliphatic heterocycles. The van der Waals surface area contributed by atoms with E-state index in [4.69, 9.17) is 4.74 Å². The number of nitrogens with zero attached hydrogens (tertiary/aromatic N) is 1. The molecule has 0 aromatic heterocycles. The monoisotopic (exact) mass is 227 g/mol. The molecule has 1 aliphatic rings. The van der Waals surface area contributed by atoms with E-state index in [1.165, 1.54) is 0 Å². The lowest BCUT2D eigenvalue weighted by atomic mass is 9.94. The van der Waals surface area contributed by atoms with Gasteiger partial charge in [-0.1, -0.05) is 6.92 Å². The third kappa shape index (κ3) is 3.51. The van der Waals surface area contributed by atoms with Crippen LogP contribution in [0.4, 0.5) is 4.79 Å². The van der Waals surface area contributed by atoms with Crippen LogP contribution in [0.25, 0.3) is 0 Å². The number of rotatable bonds is 1. The van der Waals surface area contributed by atoms with Crippen LogP contribution in [0.2, 0.25) is 0 Å². The third-order valence-electron chi connectivity index (χ3n) is 2.67. The lowest BCUT2D eigenvalue weighted by Crippen LogP contribution is -2.45. The highest BCUT2D eigenvalue weighted by Crippen LogP contribution is 2.18. The van der Waals surface area contributed by atoms with Gasteiger partial charge >= 0.3 is 6.09 Å². The highest BCUT2D eigenvalue weighted by atomic mass is 16.6. The fourth-order valence-corrected chi connectivity index (χ4v) is 1.76. The Morgan fingerprint density at radius 3 is 2.62 bits per heavy atom. The molecule has 0 spiro atoms. The van der Waals surface area contributed by atoms with E-state index < -0.39 is 5.60 Å². The summed E-state index contributed by atoms with van der Waals surface area (Å²) in [6.07, 6.45) is 0.939. The molecule has 0 bridgehead atoms. The topological polar surface area (TPSA) is 46.6 Å². The molecule has 4 heteroatoms. The Labute approximate surface area is 96.9 Å². The molecular formula is C12H21NO3. The molecule has 0 aromatic rings.